The van der Waals surface area contributed by atoms with E-state index in [1.54, 1.807) is 12.1 Å². The lowest BCUT2D eigenvalue weighted by Gasteiger charge is -2.26. The fourth-order valence-electron chi connectivity index (χ4n) is 4.50. The lowest BCUT2D eigenvalue weighted by Crippen LogP contribution is -2.39. The first kappa shape index (κ1) is 23.8. The Morgan fingerprint density at radius 1 is 1.03 bits per heavy atom. The molecule has 5 rings (SSSR count). The molecule has 0 bridgehead atoms. The van der Waals surface area contributed by atoms with Crippen molar-refractivity contribution in [1.82, 2.24) is 9.55 Å². The summed E-state index contributed by atoms with van der Waals surface area (Å²) in [5.74, 6) is -1.10. The molecule has 186 valence electrons. The van der Waals surface area contributed by atoms with Crippen molar-refractivity contribution in [2.24, 2.45) is 0 Å². The van der Waals surface area contributed by atoms with Crippen molar-refractivity contribution < 1.29 is 14.3 Å². The van der Waals surface area contributed by atoms with E-state index in [0.717, 1.165) is 16.0 Å². The van der Waals surface area contributed by atoms with E-state index in [0.29, 0.717) is 17.5 Å². The first-order chi connectivity index (χ1) is 17.8. The summed E-state index contributed by atoms with van der Waals surface area (Å²) in [6.45, 7) is 0.124. The van der Waals surface area contributed by atoms with Crippen LogP contribution in [0.15, 0.2) is 88.5 Å². The fourth-order valence-corrected chi connectivity index (χ4v) is 4.50. The molecule has 1 atom stereocenters. The summed E-state index contributed by atoms with van der Waals surface area (Å²) >= 11 is 0. The maximum absolute atomic E-state index is 13.4. The van der Waals surface area contributed by atoms with Crippen molar-refractivity contribution in [3.8, 4) is 0 Å². The molecule has 9 heteroatoms. The third-order valence-electron chi connectivity index (χ3n) is 6.44. The number of hydrogen-bond donors (Lipinski definition) is 2. The largest absolute Gasteiger partial charge is 0.454 e. The number of amides is 1. The van der Waals surface area contributed by atoms with Crippen LogP contribution in [0.1, 0.15) is 43.5 Å². The van der Waals surface area contributed by atoms with Gasteiger partial charge in [0.1, 0.15) is 11.9 Å². The van der Waals surface area contributed by atoms with Crippen LogP contribution < -0.4 is 21.9 Å². The lowest BCUT2D eigenvalue weighted by molar-refractivity contribution is 0.0252. The number of carbonyl (C=O) groups is 2. The zero-order chi connectivity index (χ0) is 26.1. The van der Waals surface area contributed by atoms with Gasteiger partial charge in [0.05, 0.1) is 12.1 Å². The normalized spacial score (nSPS) is 14.5. The van der Waals surface area contributed by atoms with E-state index in [1.165, 1.54) is 17.7 Å². The summed E-state index contributed by atoms with van der Waals surface area (Å²) in [5.41, 5.74) is 7.65. The van der Waals surface area contributed by atoms with Crippen LogP contribution in [0.4, 0.5) is 11.5 Å². The summed E-state index contributed by atoms with van der Waals surface area (Å²) < 4.78 is 6.80. The molecular formula is C28H24N4O5. The van der Waals surface area contributed by atoms with Gasteiger partial charge in [0.2, 0.25) is 0 Å². The number of aromatic nitrogens is 2. The van der Waals surface area contributed by atoms with Gasteiger partial charge in [-0.15, -0.1) is 0 Å². The predicted molar refractivity (Wildman–Crippen MR) is 139 cm³/mol. The third-order valence-corrected chi connectivity index (χ3v) is 6.44. The van der Waals surface area contributed by atoms with Crippen LogP contribution in [0, 0.1) is 0 Å². The second kappa shape index (κ2) is 9.62. The number of anilines is 2. The van der Waals surface area contributed by atoms with E-state index >= 15 is 0 Å². The number of H-pyrrole nitrogens is 1. The van der Waals surface area contributed by atoms with Gasteiger partial charge >= 0.3 is 11.7 Å². The van der Waals surface area contributed by atoms with Gasteiger partial charge in [-0.25, -0.2) is 9.59 Å². The van der Waals surface area contributed by atoms with Gasteiger partial charge in [-0.3, -0.25) is 19.1 Å². The Kier molecular flexibility index (Phi) is 6.19. The number of cyclic esters (lactones) is 1. The van der Waals surface area contributed by atoms with Crippen LogP contribution >= 0.6 is 0 Å². The van der Waals surface area contributed by atoms with Crippen LogP contribution in [0.5, 0.6) is 0 Å². The summed E-state index contributed by atoms with van der Waals surface area (Å²) in [7, 11) is 1.42. The van der Waals surface area contributed by atoms with Crippen molar-refractivity contribution in [1.29, 1.82) is 0 Å². The molecule has 0 radical (unpaired) electrons. The van der Waals surface area contributed by atoms with E-state index in [4.69, 9.17) is 10.5 Å². The Labute approximate surface area is 211 Å². The molecule has 3 aromatic carbocycles. The SMILES string of the molecule is CN(C(=O)c1ccc2c(c1)C[C@@H](c1ccccc1)OC2=O)c1c(N)n(Cc2ccccc2)c(=O)[nH]c1=O. The Morgan fingerprint density at radius 2 is 1.70 bits per heavy atom. The number of aromatic amines is 1. The van der Waals surface area contributed by atoms with Crippen LogP contribution in [-0.2, 0) is 17.7 Å². The predicted octanol–water partition coefficient (Wildman–Crippen LogP) is 2.90. The number of esters is 1. The third kappa shape index (κ3) is 4.54. The van der Waals surface area contributed by atoms with E-state index < -0.39 is 29.2 Å². The Bertz CT molecular complexity index is 1610. The molecule has 9 nitrogen and oxygen atoms in total. The molecular weight excluding hydrogens is 472 g/mol. The Morgan fingerprint density at radius 3 is 2.41 bits per heavy atom. The second-order valence-electron chi connectivity index (χ2n) is 8.81. The van der Waals surface area contributed by atoms with Crippen molar-refractivity contribution in [2.45, 2.75) is 19.1 Å². The zero-order valence-electron chi connectivity index (χ0n) is 20.0. The maximum Gasteiger partial charge on any atom is 0.339 e. The summed E-state index contributed by atoms with van der Waals surface area (Å²) in [6.07, 6.45) is -0.0649. The number of nitrogens with zero attached hydrogens (tertiary/aromatic N) is 2. The molecule has 0 aliphatic carbocycles. The topological polar surface area (TPSA) is 127 Å². The molecule has 1 amide bonds. The number of rotatable bonds is 5. The zero-order valence-corrected chi connectivity index (χ0v) is 20.0. The minimum Gasteiger partial charge on any atom is -0.454 e. The number of nitrogen functional groups attached to an aromatic ring is 1. The number of fused-ring (bicyclic) bond motifs is 1. The highest BCUT2D eigenvalue weighted by Gasteiger charge is 2.29. The summed E-state index contributed by atoms with van der Waals surface area (Å²) in [4.78, 5) is 54.6. The number of nitrogens with one attached hydrogen (secondary N) is 1. The number of benzene rings is 3. The average molecular weight is 497 g/mol. The Hall–Kier alpha value is -4.92. The first-order valence-corrected chi connectivity index (χ1v) is 11.7. The molecule has 1 aromatic heterocycles. The van der Waals surface area contributed by atoms with Crippen molar-refractivity contribution in [3.05, 3.63) is 128 Å². The van der Waals surface area contributed by atoms with Gasteiger partial charge in [-0.2, -0.15) is 0 Å². The van der Waals surface area contributed by atoms with Crippen LogP contribution in [0.25, 0.3) is 0 Å². The molecule has 1 aliphatic heterocycles. The Balaban J connectivity index is 1.47. The average Bonchev–Trinajstić information content (AvgIpc) is 2.91. The molecule has 0 fully saturated rings. The molecule has 37 heavy (non-hydrogen) atoms. The quantitative estimate of drug-likeness (QED) is 0.409. The smallest absolute Gasteiger partial charge is 0.339 e. The van der Waals surface area contributed by atoms with E-state index in [1.807, 2.05) is 60.7 Å². The van der Waals surface area contributed by atoms with E-state index in [-0.39, 0.29) is 23.6 Å². The van der Waals surface area contributed by atoms with E-state index in [9.17, 15) is 19.2 Å². The minimum absolute atomic E-state index is 0.124. The van der Waals surface area contributed by atoms with Crippen LogP contribution in [0.2, 0.25) is 0 Å². The number of nitrogens with two attached hydrogens (primary N) is 1. The lowest BCUT2D eigenvalue weighted by atomic mass is 9.93. The number of carbonyl (C=O) groups excluding carboxylic acids is 2. The van der Waals surface area contributed by atoms with Gasteiger partial charge in [0.15, 0.2) is 5.69 Å². The van der Waals surface area contributed by atoms with Crippen LogP contribution in [-0.4, -0.2) is 28.5 Å². The van der Waals surface area contributed by atoms with Gasteiger partial charge in [0, 0.05) is 19.0 Å². The molecule has 4 aromatic rings. The molecule has 0 spiro atoms. The van der Waals surface area contributed by atoms with Gasteiger partial charge in [-0.1, -0.05) is 60.7 Å². The molecule has 0 unspecified atom stereocenters. The highest BCUT2D eigenvalue weighted by molar-refractivity contribution is 6.07. The van der Waals surface area contributed by atoms with Gasteiger partial charge in [-0.05, 0) is 34.9 Å². The monoisotopic (exact) mass is 496 g/mol. The molecule has 2 heterocycles. The minimum atomic E-state index is -0.770. The van der Waals surface area contributed by atoms with Crippen molar-refractivity contribution in [3.63, 3.8) is 0 Å². The standard InChI is InChI=1S/C28H24N4O5/c1-31(23-24(29)32(28(36)30-25(23)33)16-17-8-4-2-5-9-17)26(34)19-12-13-21-20(14-19)15-22(37-27(21)35)18-10-6-3-7-11-18/h2-14,22H,15-16,29H2,1H3,(H,30,33,36)/t22-/m0/s1. The van der Waals surface area contributed by atoms with Gasteiger partial charge < -0.3 is 15.4 Å². The highest BCUT2D eigenvalue weighted by atomic mass is 16.5. The number of ether oxygens (including phenoxy) is 1. The van der Waals surface area contributed by atoms with Crippen molar-refractivity contribution in [2.75, 3.05) is 17.7 Å². The second-order valence-corrected chi connectivity index (χ2v) is 8.81. The highest BCUT2D eigenvalue weighted by Crippen LogP contribution is 2.31. The van der Waals surface area contributed by atoms with Gasteiger partial charge in [0.25, 0.3) is 11.5 Å². The molecule has 0 saturated heterocycles. The fraction of sp³-hybridized carbons (Fsp3) is 0.143. The van der Waals surface area contributed by atoms with Crippen molar-refractivity contribution >= 4 is 23.4 Å². The maximum atomic E-state index is 13.4. The summed E-state index contributed by atoms with van der Waals surface area (Å²) in [6, 6.07) is 23.2. The van der Waals surface area contributed by atoms with Crippen LogP contribution in [0.3, 0.4) is 0 Å². The summed E-state index contributed by atoms with van der Waals surface area (Å²) in [5, 5.41) is 0. The molecule has 1 aliphatic rings. The number of hydrogen-bond acceptors (Lipinski definition) is 6. The van der Waals surface area contributed by atoms with E-state index in [2.05, 4.69) is 4.98 Å². The molecule has 3 N–H and O–H groups in total. The molecule has 0 saturated carbocycles. The first-order valence-electron chi connectivity index (χ1n) is 11.7.